The number of fused-ring (bicyclic) bond motifs is 1. The van der Waals surface area contributed by atoms with Crippen LogP contribution in [0.5, 0.6) is 0 Å². The Morgan fingerprint density at radius 2 is 2.07 bits per heavy atom. The van der Waals surface area contributed by atoms with Crippen molar-refractivity contribution in [2.45, 2.75) is 6.54 Å². The van der Waals surface area contributed by atoms with Crippen LogP contribution in [-0.2, 0) is 6.54 Å². The summed E-state index contributed by atoms with van der Waals surface area (Å²) in [6.45, 7) is 0.250. The van der Waals surface area contributed by atoms with Gasteiger partial charge >= 0.3 is 0 Å². The quantitative estimate of drug-likeness (QED) is 0.733. The lowest BCUT2D eigenvalue weighted by Gasteiger charge is -1.98. The molecule has 0 radical (unpaired) electrons. The Labute approximate surface area is 86.6 Å². The third-order valence-electron chi connectivity index (χ3n) is 1.86. The van der Waals surface area contributed by atoms with Gasteiger partial charge in [0.1, 0.15) is 5.82 Å². The first-order valence-corrected chi connectivity index (χ1v) is 3.99. The normalized spacial score (nSPS) is 9.79. The van der Waals surface area contributed by atoms with Gasteiger partial charge in [0.2, 0.25) is 0 Å². The van der Waals surface area contributed by atoms with Gasteiger partial charge in [0.25, 0.3) is 5.56 Å². The molecule has 0 spiro atoms. The van der Waals surface area contributed by atoms with E-state index in [0.29, 0.717) is 16.7 Å². The van der Waals surface area contributed by atoms with Crippen molar-refractivity contribution in [2.75, 3.05) is 0 Å². The smallest absolute Gasteiger partial charge is 0.258 e. The summed E-state index contributed by atoms with van der Waals surface area (Å²) in [6, 6.07) is 7.18. The lowest BCUT2D eigenvalue weighted by molar-refractivity contribution is 0.913. The minimum absolute atomic E-state index is 0. The van der Waals surface area contributed by atoms with E-state index in [1.54, 1.807) is 18.2 Å². The Morgan fingerprint density at radius 1 is 1.36 bits per heavy atom. The fourth-order valence-corrected chi connectivity index (χ4v) is 1.23. The van der Waals surface area contributed by atoms with Crippen LogP contribution in [0, 0.1) is 0 Å². The predicted octanol–water partition coefficient (Wildman–Crippen LogP) is 0.804. The van der Waals surface area contributed by atoms with E-state index in [1.165, 1.54) is 0 Å². The summed E-state index contributed by atoms with van der Waals surface area (Å²) in [5.74, 6) is 0.517. The zero-order valence-corrected chi connectivity index (χ0v) is 8.17. The van der Waals surface area contributed by atoms with Crippen molar-refractivity contribution in [3.05, 3.63) is 40.4 Å². The van der Waals surface area contributed by atoms with Crippen LogP contribution in [-0.4, -0.2) is 9.97 Å². The highest BCUT2D eigenvalue weighted by atomic mass is 35.5. The Kier molecular flexibility index (Phi) is 3.22. The average molecular weight is 212 g/mol. The van der Waals surface area contributed by atoms with Crippen LogP contribution >= 0.6 is 12.4 Å². The molecular formula is C9H10ClN3O. The van der Waals surface area contributed by atoms with Gasteiger partial charge in [0.15, 0.2) is 0 Å². The second-order valence-corrected chi connectivity index (χ2v) is 2.73. The Balaban J connectivity index is 0.000000980. The van der Waals surface area contributed by atoms with Gasteiger partial charge in [0.05, 0.1) is 17.4 Å². The highest BCUT2D eigenvalue weighted by Gasteiger charge is 2.00. The zero-order chi connectivity index (χ0) is 9.26. The number of halogens is 1. The summed E-state index contributed by atoms with van der Waals surface area (Å²) in [6.07, 6.45) is 0. The van der Waals surface area contributed by atoms with Gasteiger partial charge in [-0.1, -0.05) is 12.1 Å². The number of para-hydroxylation sites is 1. The van der Waals surface area contributed by atoms with E-state index < -0.39 is 0 Å². The minimum atomic E-state index is -0.133. The fraction of sp³-hybridized carbons (Fsp3) is 0.111. The van der Waals surface area contributed by atoms with Gasteiger partial charge in [-0.2, -0.15) is 0 Å². The van der Waals surface area contributed by atoms with Crippen LogP contribution in [0.1, 0.15) is 5.82 Å². The van der Waals surface area contributed by atoms with Gasteiger partial charge in [-0.25, -0.2) is 4.98 Å². The molecule has 1 heterocycles. The molecule has 0 amide bonds. The molecule has 74 valence electrons. The number of nitrogens with two attached hydrogens (primary N) is 1. The average Bonchev–Trinajstić information content (AvgIpc) is 2.18. The zero-order valence-electron chi connectivity index (χ0n) is 7.36. The summed E-state index contributed by atoms with van der Waals surface area (Å²) in [7, 11) is 0. The van der Waals surface area contributed by atoms with E-state index in [9.17, 15) is 4.79 Å². The number of rotatable bonds is 1. The molecule has 14 heavy (non-hydrogen) atoms. The first-order chi connectivity index (χ1) is 6.31. The molecular weight excluding hydrogens is 202 g/mol. The SMILES string of the molecule is Cl.NCc1nc2ccccc2c(=O)[nH]1. The summed E-state index contributed by atoms with van der Waals surface area (Å²) in [4.78, 5) is 18.2. The van der Waals surface area contributed by atoms with Crippen LogP contribution < -0.4 is 11.3 Å². The summed E-state index contributed by atoms with van der Waals surface area (Å²) < 4.78 is 0. The molecule has 0 atom stereocenters. The number of benzene rings is 1. The summed E-state index contributed by atoms with van der Waals surface area (Å²) >= 11 is 0. The summed E-state index contributed by atoms with van der Waals surface area (Å²) in [5, 5.41) is 0.597. The molecule has 2 rings (SSSR count). The molecule has 0 fully saturated rings. The summed E-state index contributed by atoms with van der Waals surface area (Å²) in [5.41, 5.74) is 5.93. The molecule has 0 aliphatic heterocycles. The standard InChI is InChI=1S/C9H9N3O.ClH/c10-5-8-11-7-4-2-1-3-6(7)9(13)12-8;/h1-4H,5,10H2,(H,11,12,13);1H. The first-order valence-electron chi connectivity index (χ1n) is 3.99. The van der Waals surface area contributed by atoms with E-state index in [-0.39, 0.29) is 24.5 Å². The molecule has 0 bridgehead atoms. The Hall–Kier alpha value is -1.39. The molecule has 4 nitrogen and oxygen atoms in total. The lowest BCUT2D eigenvalue weighted by atomic mass is 10.2. The molecule has 1 aromatic carbocycles. The monoisotopic (exact) mass is 211 g/mol. The molecule has 3 N–H and O–H groups in total. The van der Waals surface area contributed by atoms with E-state index >= 15 is 0 Å². The third kappa shape index (κ3) is 1.76. The Bertz CT molecular complexity index is 495. The molecule has 0 saturated heterocycles. The number of H-pyrrole nitrogens is 1. The predicted molar refractivity (Wildman–Crippen MR) is 57.5 cm³/mol. The Morgan fingerprint density at radius 3 is 2.79 bits per heavy atom. The number of hydrogen-bond donors (Lipinski definition) is 2. The maximum Gasteiger partial charge on any atom is 0.258 e. The van der Waals surface area contributed by atoms with Gasteiger partial charge < -0.3 is 10.7 Å². The second kappa shape index (κ2) is 4.21. The van der Waals surface area contributed by atoms with E-state index in [1.807, 2.05) is 6.07 Å². The number of aromatic amines is 1. The van der Waals surface area contributed by atoms with Crippen LogP contribution in [0.15, 0.2) is 29.1 Å². The van der Waals surface area contributed by atoms with E-state index in [2.05, 4.69) is 9.97 Å². The molecule has 0 unspecified atom stereocenters. The van der Waals surface area contributed by atoms with Crippen molar-refractivity contribution in [3.63, 3.8) is 0 Å². The molecule has 2 aromatic rings. The van der Waals surface area contributed by atoms with Crippen LogP contribution in [0.25, 0.3) is 10.9 Å². The van der Waals surface area contributed by atoms with Gasteiger partial charge in [-0.3, -0.25) is 4.79 Å². The second-order valence-electron chi connectivity index (χ2n) is 2.73. The molecule has 5 heteroatoms. The van der Waals surface area contributed by atoms with Gasteiger partial charge in [0, 0.05) is 0 Å². The van der Waals surface area contributed by atoms with Crippen molar-refractivity contribution < 1.29 is 0 Å². The topological polar surface area (TPSA) is 71.8 Å². The van der Waals surface area contributed by atoms with Crippen LogP contribution in [0.2, 0.25) is 0 Å². The van der Waals surface area contributed by atoms with Gasteiger partial charge in [-0.05, 0) is 12.1 Å². The van der Waals surface area contributed by atoms with Crippen molar-refractivity contribution >= 4 is 23.3 Å². The lowest BCUT2D eigenvalue weighted by Crippen LogP contribution is -2.14. The molecule has 0 saturated carbocycles. The third-order valence-corrected chi connectivity index (χ3v) is 1.86. The highest BCUT2D eigenvalue weighted by molar-refractivity contribution is 5.85. The van der Waals surface area contributed by atoms with E-state index in [0.717, 1.165) is 0 Å². The maximum absolute atomic E-state index is 11.4. The number of aromatic nitrogens is 2. The largest absolute Gasteiger partial charge is 0.324 e. The van der Waals surface area contributed by atoms with Crippen molar-refractivity contribution in [1.29, 1.82) is 0 Å². The van der Waals surface area contributed by atoms with Crippen LogP contribution in [0.4, 0.5) is 0 Å². The molecule has 0 aliphatic carbocycles. The van der Waals surface area contributed by atoms with Crippen molar-refractivity contribution in [2.24, 2.45) is 5.73 Å². The minimum Gasteiger partial charge on any atom is -0.324 e. The number of nitrogens with zero attached hydrogens (tertiary/aromatic N) is 1. The van der Waals surface area contributed by atoms with E-state index in [4.69, 9.17) is 5.73 Å². The van der Waals surface area contributed by atoms with Crippen molar-refractivity contribution in [1.82, 2.24) is 9.97 Å². The fourth-order valence-electron chi connectivity index (χ4n) is 1.23. The number of nitrogens with one attached hydrogen (secondary N) is 1. The van der Waals surface area contributed by atoms with Crippen molar-refractivity contribution in [3.8, 4) is 0 Å². The molecule has 1 aromatic heterocycles. The highest BCUT2D eigenvalue weighted by Crippen LogP contribution is 2.04. The first kappa shape index (κ1) is 10.7. The van der Waals surface area contributed by atoms with Crippen LogP contribution in [0.3, 0.4) is 0 Å². The maximum atomic E-state index is 11.4. The number of hydrogen-bond acceptors (Lipinski definition) is 3. The molecule has 0 aliphatic rings. The van der Waals surface area contributed by atoms with Gasteiger partial charge in [-0.15, -0.1) is 12.4 Å².